The van der Waals surface area contributed by atoms with E-state index in [4.69, 9.17) is 14.2 Å². The van der Waals surface area contributed by atoms with E-state index >= 15 is 0 Å². The number of esters is 3. The maximum absolute atomic E-state index is 12.9. The van der Waals surface area contributed by atoms with Crippen LogP contribution in [-0.4, -0.2) is 37.2 Å². The van der Waals surface area contributed by atoms with E-state index in [1.165, 1.54) is 250 Å². The lowest BCUT2D eigenvalue weighted by molar-refractivity contribution is -0.167. The predicted octanol–water partition coefficient (Wildman–Crippen LogP) is 22.8. The van der Waals surface area contributed by atoms with E-state index in [9.17, 15) is 14.4 Å². The molecule has 0 N–H and O–H groups in total. The largest absolute Gasteiger partial charge is 0.462 e. The Morgan fingerprint density at radius 3 is 0.773 bits per heavy atom. The van der Waals surface area contributed by atoms with Gasteiger partial charge in [-0.25, -0.2) is 0 Å². The Morgan fingerprint density at radius 1 is 0.267 bits per heavy atom. The lowest BCUT2D eigenvalue weighted by atomic mass is 10.0. The van der Waals surface area contributed by atoms with Crippen molar-refractivity contribution in [2.45, 2.75) is 374 Å². The second-order valence-electron chi connectivity index (χ2n) is 22.7. The summed E-state index contributed by atoms with van der Waals surface area (Å²) < 4.78 is 17.0. The molecule has 0 aliphatic rings. The number of allylic oxidation sites excluding steroid dienone is 6. The van der Waals surface area contributed by atoms with Crippen LogP contribution in [0.2, 0.25) is 0 Å². The molecule has 0 rings (SSSR count). The Kier molecular flexibility index (Phi) is 62.1. The Hall–Kier alpha value is -2.37. The van der Waals surface area contributed by atoms with Crippen LogP contribution in [0.5, 0.6) is 0 Å². The van der Waals surface area contributed by atoms with Gasteiger partial charge in [-0.15, -0.1) is 0 Å². The number of ether oxygens (including phenoxy) is 3. The van der Waals surface area contributed by atoms with Crippen molar-refractivity contribution in [3.8, 4) is 0 Å². The minimum atomic E-state index is -0.779. The first-order chi connectivity index (χ1) is 37.0. The highest BCUT2D eigenvalue weighted by Crippen LogP contribution is 2.18. The molecule has 440 valence electrons. The average Bonchev–Trinajstić information content (AvgIpc) is 3.41. The van der Waals surface area contributed by atoms with Gasteiger partial charge in [0.2, 0.25) is 0 Å². The Morgan fingerprint density at radius 2 is 0.480 bits per heavy atom. The highest BCUT2D eigenvalue weighted by molar-refractivity contribution is 5.71. The highest BCUT2D eigenvalue weighted by atomic mass is 16.6. The molecule has 0 aliphatic carbocycles. The number of unbranched alkanes of at least 4 members (excludes halogenated alkanes) is 45. The molecule has 1 unspecified atom stereocenters. The molecule has 0 aromatic carbocycles. The maximum atomic E-state index is 12.9. The number of hydrogen-bond donors (Lipinski definition) is 0. The summed E-state index contributed by atoms with van der Waals surface area (Å²) in [5, 5.41) is 0. The van der Waals surface area contributed by atoms with Crippen LogP contribution in [0.3, 0.4) is 0 Å². The number of hydrogen-bond acceptors (Lipinski definition) is 6. The van der Waals surface area contributed by atoms with Crippen LogP contribution in [0.25, 0.3) is 0 Å². The molecule has 0 fully saturated rings. The third-order valence-electron chi connectivity index (χ3n) is 15.1. The third-order valence-corrected chi connectivity index (χ3v) is 15.1. The molecule has 0 aromatic rings. The van der Waals surface area contributed by atoms with Crippen LogP contribution in [0.15, 0.2) is 36.5 Å². The maximum Gasteiger partial charge on any atom is 0.306 e. The second kappa shape index (κ2) is 64.2. The third kappa shape index (κ3) is 62.4. The van der Waals surface area contributed by atoms with Crippen molar-refractivity contribution in [1.82, 2.24) is 0 Å². The average molecular weight is 1050 g/mol. The van der Waals surface area contributed by atoms with Crippen molar-refractivity contribution in [3.63, 3.8) is 0 Å². The van der Waals surface area contributed by atoms with Gasteiger partial charge in [-0.1, -0.05) is 308 Å². The van der Waals surface area contributed by atoms with Gasteiger partial charge in [0, 0.05) is 19.3 Å². The van der Waals surface area contributed by atoms with Crippen LogP contribution >= 0.6 is 0 Å². The van der Waals surface area contributed by atoms with Crippen molar-refractivity contribution in [2.75, 3.05) is 13.2 Å². The molecule has 6 nitrogen and oxygen atoms in total. The summed E-state index contributed by atoms with van der Waals surface area (Å²) >= 11 is 0. The molecule has 0 amide bonds. The summed E-state index contributed by atoms with van der Waals surface area (Å²) in [5.41, 5.74) is 0. The first-order valence-electron chi connectivity index (χ1n) is 33.5. The van der Waals surface area contributed by atoms with Crippen molar-refractivity contribution in [1.29, 1.82) is 0 Å². The quantitative estimate of drug-likeness (QED) is 0.0261. The molecule has 1 atom stereocenters. The van der Waals surface area contributed by atoms with E-state index < -0.39 is 6.10 Å². The SMILES string of the molecule is CCCCC/C=C\C/C=C\CCCCCCCC(=O)OCC(COC(=O)CCCCCCCCCCCCCCCCCCCCCCCCCC)OC(=O)CCCCCCCCC/C=C\CCCCCCCCC. The second-order valence-corrected chi connectivity index (χ2v) is 22.7. The van der Waals surface area contributed by atoms with E-state index in [1.807, 2.05) is 0 Å². The lowest BCUT2D eigenvalue weighted by Gasteiger charge is -2.18. The molecule has 75 heavy (non-hydrogen) atoms. The van der Waals surface area contributed by atoms with Crippen molar-refractivity contribution in [3.05, 3.63) is 36.5 Å². The fraction of sp³-hybridized carbons (Fsp3) is 0.870. The smallest absolute Gasteiger partial charge is 0.306 e. The summed E-state index contributed by atoms with van der Waals surface area (Å²) in [5.74, 6) is -0.868. The van der Waals surface area contributed by atoms with Crippen LogP contribution in [0.4, 0.5) is 0 Å². The molecule has 0 radical (unpaired) electrons. The van der Waals surface area contributed by atoms with Crippen LogP contribution in [0.1, 0.15) is 367 Å². The van der Waals surface area contributed by atoms with E-state index in [0.717, 1.165) is 77.0 Å². The molecular weight excluding hydrogens is 925 g/mol. The monoisotopic (exact) mass is 1050 g/mol. The predicted molar refractivity (Wildman–Crippen MR) is 326 cm³/mol. The Labute approximate surface area is 467 Å². The van der Waals surface area contributed by atoms with Crippen molar-refractivity contribution < 1.29 is 28.6 Å². The van der Waals surface area contributed by atoms with Crippen LogP contribution in [-0.2, 0) is 28.6 Å². The van der Waals surface area contributed by atoms with Gasteiger partial charge in [0.15, 0.2) is 6.10 Å². The molecule has 0 saturated heterocycles. The highest BCUT2D eigenvalue weighted by Gasteiger charge is 2.19. The summed E-state index contributed by atoms with van der Waals surface area (Å²) in [6.45, 7) is 6.66. The zero-order chi connectivity index (χ0) is 54.3. The minimum Gasteiger partial charge on any atom is -0.462 e. The van der Waals surface area contributed by atoms with Gasteiger partial charge >= 0.3 is 17.9 Å². The molecular formula is C69H128O6. The molecule has 0 spiro atoms. The fourth-order valence-corrected chi connectivity index (χ4v) is 10.1. The summed E-state index contributed by atoms with van der Waals surface area (Å²) in [6.07, 6.45) is 78.7. The minimum absolute atomic E-state index is 0.0741. The molecule has 0 bridgehead atoms. The Balaban J connectivity index is 4.28. The van der Waals surface area contributed by atoms with Crippen molar-refractivity contribution in [2.24, 2.45) is 0 Å². The first-order valence-corrected chi connectivity index (χ1v) is 33.5. The fourth-order valence-electron chi connectivity index (χ4n) is 10.1. The molecule has 0 aromatic heterocycles. The zero-order valence-corrected chi connectivity index (χ0v) is 50.6. The summed E-state index contributed by atoms with van der Waals surface area (Å²) in [4.78, 5) is 38.3. The van der Waals surface area contributed by atoms with Gasteiger partial charge in [0.05, 0.1) is 0 Å². The summed E-state index contributed by atoms with van der Waals surface area (Å²) in [7, 11) is 0. The van der Waals surface area contributed by atoms with Gasteiger partial charge in [0.1, 0.15) is 13.2 Å². The molecule has 6 heteroatoms. The number of carbonyl (C=O) groups is 3. The van der Waals surface area contributed by atoms with Gasteiger partial charge in [-0.3, -0.25) is 14.4 Å². The van der Waals surface area contributed by atoms with Gasteiger partial charge < -0.3 is 14.2 Å². The zero-order valence-electron chi connectivity index (χ0n) is 50.6. The van der Waals surface area contributed by atoms with Crippen LogP contribution in [0, 0.1) is 0 Å². The van der Waals surface area contributed by atoms with Gasteiger partial charge in [-0.05, 0) is 77.0 Å². The first kappa shape index (κ1) is 72.6. The normalized spacial score (nSPS) is 12.2. The van der Waals surface area contributed by atoms with Crippen LogP contribution < -0.4 is 0 Å². The van der Waals surface area contributed by atoms with Gasteiger partial charge in [0.25, 0.3) is 0 Å². The lowest BCUT2D eigenvalue weighted by Crippen LogP contribution is -2.30. The van der Waals surface area contributed by atoms with E-state index in [2.05, 4.69) is 57.2 Å². The summed E-state index contributed by atoms with van der Waals surface area (Å²) in [6, 6.07) is 0. The van der Waals surface area contributed by atoms with E-state index in [-0.39, 0.29) is 31.1 Å². The standard InChI is InChI=1S/C69H128O6/c1-4-7-10-13-16-19-22-25-28-30-32-33-34-35-36-37-39-41-44-47-50-53-56-59-62-68(71)74-65-66(64-73-67(70)61-58-55-52-49-46-43-40-27-24-21-18-15-12-9-6-3)75-69(72)63-60-57-54-51-48-45-42-38-31-29-26-23-20-17-14-11-8-5-2/h18,21,27,29,31,40,66H,4-17,19-20,22-26,28,30,32-39,41-65H2,1-3H3/b21-18-,31-29-,40-27-. The van der Waals surface area contributed by atoms with Gasteiger partial charge in [-0.2, -0.15) is 0 Å². The molecule has 0 heterocycles. The Bertz CT molecular complexity index is 1250. The van der Waals surface area contributed by atoms with Crippen molar-refractivity contribution >= 4 is 17.9 Å². The number of carbonyl (C=O) groups excluding carboxylic acids is 3. The van der Waals surface area contributed by atoms with E-state index in [1.54, 1.807) is 0 Å². The molecule has 0 aliphatic heterocycles. The topological polar surface area (TPSA) is 78.9 Å². The molecule has 0 saturated carbocycles. The van der Waals surface area contributed by atoms with E-state index in [0.29, 0.717) is 19.3 Å². The number of rotatable bonds is 62.